The number of carboxylic acid groups (broad SMARTS) is 1. The summed E-state index contributed by atoms with van der Waals surface area (Å²) in [6.07, 6.45) is 6.14. The minimum absolute atomic E-state index is 0.0768. The fraction of sp³-hybridized carbons (Fsp3) is 0.520. The van der Waals surface area contributed by atoms with Crippen LogP contribution in [0.25, 0.3) is 11.1 Å². The zero-order valence-electron chi connectivity index (χ0n) is 20.0. The third-order valence-electron chi connectivity index (χ3n) is 5.62. The van der Waals surface area contributed by atoms with E-state index < -0.39 is 23.4 Å². The van der Waals surface area contributed by atoms with Crippen LogP contribution in [0.15, 0.2) is 30.5 Å². The van der Waals surface area contributed by atoms with Gasteiger partial charge in [0.2, 0.25) is 5.88 Å². The molecule has 1 saturated carbocycles. The molecule has 34 heavy (non-hydrogen) atoms. The van der Waals surface area contributed by atoms with Crippen LogP contribution in [0, 0.1) is 11.6 Å². The molecule has 1 heterocycles. The van der Waals surface area contributed by atoms with E-state index in [2.05, 4.69) is 32.0 Å². The molecule has 9 heteroatoms. The lowest BCUT2D eigenvalue weighted by molar-refractivity contribution is -0.137. The van der Waals surface area contributed by atoms with Gasteiger partial charge in [0.15, 0.2) is 22.1 Å². The van der Waals surface area contributed by atoms with Gasteiger partial charge < -0.3 is 14.6 Å². The molecule has 0 amide bonds. The van der Waals surface area contributed by atoms with E-state index in [0.29, 0.717) is 11.4 Å². The molecule has 0 saturated heterocycles. The molecular formula is C25H32F2NO5S+. The van der Waals surface area contributed by atoms with E-state index in [-0.39, 0.29) is 53.1 Å². The first kappa shape index (κ1) is 26.2. The molecule has 1 aliphatic carbocycles. The summed E-state index contributed by atoms with van der Waals surface area (Å²) >= 11 is -0.181. The average Bonchev–Trinajstić information content (AvgIpc) is 3.18. The summed E-state index contributed by atoms with van der Waals surface area (Å²) in [4.78, 5) is 14.9. The second kappa shape index (κ2) is 11.4. The maximum absolute atomic E-state index is 14.6. The van der Waals surface area contributed by atoms with Gasteiger partial charge in [-0.1, -0.05) is 0 Å². The number of rotatable bonds is 10. The highest BCUT2D eigenvalue weighted by Gasteiger charge is 2.38. The molecule has 1 aliphatic rings. The molecule has 0 radical (unpaired) electrons. The van der Waals surface area contributed by atoms with Crippen molar-refractivity contribution in [2.24, 2.45) is 0 Å². The van der Waals surface area contributed by atoms with Crippen LogP contribution in [0.5, 0.6) is 11.6 Å². The van der Waals surface area contributed by atoms with Crippen molar-refractivity contribution in [3.05, 3.63) is 42.1 Å². The molecule has 2 aromatic rings. The lowest BCUT2D eigenvalue weighted by Gasteiger charge is -2.19. The quantitative estimate of drug-likeness (QED) is 0.343. The summed E-state index contributed by atoms with van der Waals surface area (Å²) in [6.45, 7) is 6.37. The van der Waals surface area contributed by atoms with Gasteiger partial charge in [0.25, 0.3) is 0 Å². The standard InChI is InChI=1S/C25H31F2NO5S/c1-25(2,3)34(4)33-18-10-9-17(15-18)32-24-19(7-5-11-28-24)16-13-20(26)23(21(27)14-16)31-12-6-8-22(29)30/h5,7,11,13-14,17-18H,6,8-10,12,15H2,1-4H3/p+1. The van der Waals surface area contributed by atoms with Crippen LogP contribution in [0.1, 0.15) is 52.9 Å². The highest BCUT2D eigenvalue weighted by Crippen LogP contribution is 2.36. The van der Waals surface area contributed by atoms with Crippen LogP contribution in [-0.4, -0.2) is 45.9 Å². The predicted molar refractivity (Wildman–Crippen MR) is 128 cm³/mol. The van der Waals surface area contributed by atoms with Crippen LogP contribution < -0.4 is 9.47 Å². The number of pyridine rings is 1. The highest BCUT2D eigenvalue weighted by atomic mass is 32.2. The number of aromatic nitrogens is 1. The van der Waals surface area contributed by atoms with Crippen molar-refractivity contribution in [2.45, 2.75) is 69.8 Å². The molecular weight excluding hydrogens is 464 g/mol. The monoisotopic (exact) mass is 496 g/mol. The average molecular weight is 497 g/mol. The second-order valence-corrected chi connectivity index (χ2v) is 11.6. The summed E-state index contributed by atoms with van der Waals surface area (Å²) in [7, 11) is 0. The maximum Gasteiger partial charge on any atom is 0.303 e. The van der Waals surface area contributed by atoms with Crippen LogP contribution in [0.4, 0.5) is 8.78 Å². The third-order valence-corrected chi connectivity index (χ3v) is 7.90. The van der Waals surface area contributed by atoms with Gasteiger partial charge in [-0.05, 0) is 69.9 Å². The summed E-state index contributed by atoms with van der Waals surface area (Å²) in [5, 5.41) is 8.67. The van der Waals surface area contributed by atoms with E-state index in [0.717, 1.165) is 19.3 Å². The van der Waals surface area contributed by atoms with Crippen molar-refractivity contribution in [1.29, 1.82) is 0 Å². The van der Waals surface area contributed by atoms with Crippen molar-refractivity contribution >= 4 is 17.1 Å². The van der Waals surface area contributed by atoms with E-state index >= 15 is 0 Å². The molecule has 3 unspecified atom stereocenters. The molecule has 1 aromatic heterocycles. The zero-order valence-corrected chi connectivity index (χ0v) is 20.8. The molecule has 0 bridgehead atoms. The Morgan fingerprint density at radius 1 is 1.21 bits per heavy atom. The SMILES string of the molecule is C[S+](OC1CCC(Oc2ncccc2-c2cc(F)c(OCCCC(=O)O)c(F)c2)C1)C(C)(C)C. The molecule has 1 aromatic carbocycles. The van der Waals surface area contributed by atoms with Crippen LogP contribution >= 0.6 is 0 Å². The lowest BCUT2D eigenvalue weighted by Crippen LogP contribution is -2.32. The van der Waals surface area contributed by atoms with E-state index in [4.69, 9.17) is 18.8 Å². The number of ether oxygens (including phenoxy) is 2. The van der Waals surface area contributed by atoms with E-state index in [1.54, 1.807) is 18.3 Å². The highest BCUT2D eigenvalue weighted by molar-refractivity contribution is 7.93. The van der Waals surface area contributed by atoms with Crippen molar-refractivity contribution in [2.75, 3.05) is 12.9 Å². The minimum Gasteiger partial charge on any atom is -0.488 e. The normalized spacial score (nSPS) is 19.1. The number of hydrogen-bond donors (Lipinski definition) is 1. The van der Waals surface area contributed by atoms with Gasteiger partial charge in [0, 0.05) is 24.6 Å². The fourth-order valence-electron chi connectivity index (χ4n) is 3.56. The predicted octanol–water partition coefficient (Wildman–Crippen LogP) is 5.55. The van der Waals surface area contributed by atoms with E-state index in [9.17, 15) is 13.6 Å². The molecule has 1 fully saturated rings. The van der Waals surface area contributed by atoms with Crippen molar-refractivity contribution in [3.63, 3.8) is 0 Å². The Morgan fingerprint density at radius 2 is 1.88 bits per heavy atom. The summed E-state index contributed by atoms with van der Waals surface area (Å²) < 4.78 is 46.9. The Morgan fingerprint density at radius 3 is 2.53 bits per heavy atom. The van der Waals surface area contributed by atoms with Crippen LogP contribution in [0.2, 0.25) is 0 Å². The summed E-state index contributed by atoms with van der Waals surface area (Å²) in [6, 6.07) is 5.73. The molecule has 3 rings (SSSR count). The van der Waals surface area contributed by atoms with Crippen molar-refractivity contribution < 1.29 is 32.3 Å². The number of carbonyl (C=O) groups is 1. The molecule has 6 nitrogen and oxygen atoms in total. The molecule has 186 valence electrons. The van der Waals surface area contributed by atoms with Gasteiger partial charge >= 0.3 is 5.97 Å². The first-order chi connectivity index (χ1) is 16.0. The van der Waals surface area contributed by atoms with E-state index in [1.807, 2.05) is 0 Å². The largest absolute Gasteiger partial charge is 0.488 e. The second-order valence-electron chi connectivity index (χ2n) is 9.31. The fourth-order valence-corrected chi connectivity index (χ4v) is 4.43. The van der Waals surface area contributed by atoms with Gasteiger partial charge in [0.1, 0.15) is 29.6 Å². The Kier molecular flexibility index (Phi) is 8.76. The number of halogens is 2. The first-order valence-corrected chi connectivity index (χ1v) is 12.9. The van der Waals surface area contributed by atoms with Gasteiger partial charge in [-0.2, -0.15) is 4.18 Å². The first-order valence-electron chi connectivity index (χ1n) is 11.3. The van der Waals surface area contributed by atoms with Gasteiger partial charge in [-0.3, -0.25) is 4.79 Å². The number of carboxylic acids is 1. The van der Waals surface area contributed by atoms with Crippen LogP contribution in [0.3, 0.4) is 0 Å². The van der Waals surface area contributed by atoms with Crippen molar-refractivity contribution in [3.8, 4) is 22.8 Å². The van der Waals surface area contributed by atoms with Gasteiger partial charge in [-0.15, -0.1) is 0 Å². The Hall–Kier alpha value is -2.39. The van der Waals surface area contributed by atoms with Gasteiger partial charge in [-0.25, -0.2) is 13.8 Å². The number of hydrogen-bond acceptors (Lipinski definition) is 5. The summed E-state index contributed by atoms with van der Waals surface area (Å²) in [5.74, 6) is -2.94. The minimum atomic E-state index is -0.992. The Bertz CT molecular complexity index is 975. The Labute approximate surface area is 202 Å². The van der Waals surface area contributed by atoms with E-state index in [1.165, 1.54) is 12.1 Å². The number of aliphatic carboxylic acids is 1. The number of nitrogens with zero attached hydrogens (tertiary/aromatic N) is 1. The molecule has 1 N–H and O–H groups in total. The topological polar surface area (TPSA) is 77.9 Å². The number of benzene rings is 1. The Balaban J connectivity index is 1.69. The van der Waals surface area contributed by atoms with Crippen LogP contribution in [-0.2, 0) is 20.2 Å². The molecule has 0 spiro atoms. The van der Waals surface area contributed by atoms with Gasteiger partial charge in [0.05, 0.1) is 6.61 Å². The zero-order chi connectivity index (χ0) is 24.9. The maximum atomic E-state index is 14.6. The lowest BCUT2D eigenvalue weighted by atomic mass is 10.1. The van der Waals surface area contributed by atoms with Crippen molar-refractivity contribution in [1.82, 2.24) is 4.98 Å². The summed E-state index contributed by atoms with van der Waals surface area (Å²) in [5.41, 5.74) is 0.761. The smallest absolute Gasteiger partial charge is 0.303 e. The molecule has 0 aliphatic heterocycles. The third kappa shape index (κ3) is 7.06. The molecule has 3 atom stereocenters.